The first-order valence-electron chi connectivity index (χ1n) is 9.93. The molecule has 8 nitrogen and oxygen atoms in total. The topological polar surface area (TPSA) is 107 Å². The number of likely N-dealkylation sites (tertiary alicyclic amines) is 1. The molecule has 11 heteroatoms. The van der Waals surface area contributed by atoms with Crippen LogP contribution in [-0.4, -0.2) is 48.8 Å². The summed E-state index contributed by atoms with van der Waals surface area (Å²) in [4.78, 5) is 24.0. The second kappa shape index (κ2) is 10.1. The zero-order chi connectivity index (χ0) is 23.5. The first kappa shape index (κ1) is 24.3. The van der Waals surface area contributed by atoms with Crippen molar-refractivity contribution in [2.75, 3.05) is 13.1 Å². The van der Waals surface area contributed by atoms with Crippen molar-refractivity contribution in [2.24, 2.45) is 0 Å². The minimum atomic E-state index is -3.65. The van der Waals surface area contributed by atoms with E-state index in [1.54, 1.807) is 17.0 Å². The number of sulfone groups is 1. The summed E-state index contributed by atoms with van der Waals surface area (Å²) in [5.41, 5.74) is -1.04. The molecule has 1 saturated heterocycles. The third-order valence-electron chi connectivity index (χ3n) is 5.25. The summed E-state index contributed by atoms with van der Waals surface area (Å²) in [6, 6.07) is 9.77. The van der Waals surface area contributed by atoms with Crippen molar-refractivity contribution in [1.29, 1.82) is 0 Å². The number of carbonyl (C=O) groups is 1. The van der Waals surface area contributed by atoms with Gasteiger partial charge in [0, 0.05) is 30.0 Å². The van der Waals surface area contributed by atoms with Gasteiger partial charge in [0.15, 0.2) is 5.44 Å². The summed E-state index contributed by atoms with van der Waals surface area (Å²) in [5, 5.41) is 10.7. The molecule has 1 unspecified atom stereocenters. The molecule has 32 heavy (non-hydrogen) atoms. The molecule has 3 rings (SSSR count). The molecule has 0 spiro atoms. The predicted octanol–water partition coefficient (Wildman–Crippen LogP) is 3.87. The average molecular weight is 529 g/mol. The van der Waals surface area contributed by atoms with Crippen molar-refractivity contribution < 1.29 is 27.3 Å². The zero-order valence-corrected chi connectivity index (χ0v) is 19.6. The molecule has 0 aliphatic carbocycles. The molecule has 2 aromatic rings. The SMILES string of the molecule is CC(OC1CN(C(=O)CCCc2ccc([N+](=O)[O-])cc2F)C1)S(=O)(=O)c1ccc(Br)cc1. The molecule has 0 radical (unpaired) electrons. The van der Waals surface area contributed by atoms with Gasteiger partial charge in [0.05, 0.1) is 22.0 Å². The first-order valence-corrected chi connectivity index (χ1v) is 12.3. The standard InChI is InChI=1S/C21H22BrFN2O6S/c1-14(32(29,30)19-9-6-16(22)7-10-19)31-18-12-24(13-18)21(26)4-2-3-15-5-8-17(25(27)28)11-20(15)23/h5-11,14,18H,2-4,12-13H2,1H3. The summed E-state index contributed by atoms with van der Waals surface area (Å²) in [5.74, 6) is -0.791. The van der Waals surface area contributed by atoms with Gasteiger partial charge < -0.3 is 9.64 Å². The van der Waals surface area contributed by atoms with Crippen LogP contribution < -0.4 is 0 Å². The quantitative estimate of drug-likeness (QED) is 0.361. The number of nitrogens with zero attached hydrogens (tertiary/aromatic N) is 2. The molecule has 0 saturated carbocycles. The van der Waals surface area contributed by atoms with Gasteiger partial charge in [-0.3, -0.25) is 14.9 Å². The normalized spacial score (nSPS) is 15.3. The third kappa shape index (κ3) is 5.70. The van der Waals surface area contributed by atoms with Gasteiger partial charge in [0.2, 0.25) is 15.7 Å². The van der Waals surface area contributed by atoms with E-state index in [1.165, 1.54) is 31.2 Å². The maximum absolute atomic E-state index is 13.9. The molecule has 1 aliphatic rings. The summed E-state index contributed by atoms with van der Waals surface area (Å²) in [6.45, 7) is 2.07. The number of aryl methyl sites for hydroxylation is 1. The zero-order valence-electron chi connectivity index (χ0n) is 17.2. The first-order chi connectivity index (χ1) is 15.1. The summed E-state index contributed by atoms with van der Waals surface area (Å²) in [6.07, 6.45) is 0.498. The van der Waals surface area contributed by atoms with Crippen molar-refractivity contribution in [3.63, 3.8) is 0 Å². The number of benzene rings is 2. The van der Waals surface area contributed by atoms with Crippen LogP contribution in [0.4, 0.5) is 10.1 Å². The summed E-state index contributed by atoms with van der Waals surface area (Å²) in [7, 11) is -3.65. The molecule has 1 amide bonds. The monoisotopic (exact) mass is 528 g/mol. The van der Waals surface area contributed by atoms with Crippen LogP contribution in [0.5, 0.6) is 0 Å². The molecule has 0 N–H and O–H groups in total. The predicted molar refractivity (Wildman–Crippen MR) is 118 cm³/mol. The maximum atomic E-state index is 13.9. The minimum absolute atomic E-state index is 0.129. The highest BCUT2D eigenvalue weighted by molar-refractivity contribution is 9.10. The fraction of sp³-hybridized carbons (Fsp3) is 0.381. The Morgan fingerprint density at radius 1 is 1.28 bits per heavy atom. The van der Waals surface area contributed by atoms with Gasteiger partial charge in [0.25, 0.3) is 5.69 Å². The highest BCUT2D eigenvalue weighted by Gasteiger charge is 2.35. The fourth-order valence-corrected chi connectivity index (χ4v) is 4.80. The fourth-order valence-electron chi connectivity index (χ4n) is 3.33. The Labute approximate surface area is 193 Å². The van der Waals surface area contributed by atoms with Gasteiger partial charge in [-0.2, -0.15) is 0 Å². The van der Waals surface area contributed by atoms with E-state index in [9.17, 15) is 27.7 Å². The lowest BCUT2D eigenvalue weighted by Gasteiger charge is -2.40. The van der Waals surface area contributed by atoms with Crippen LogP contribution in [0.25, 0.3) is 0 Å². The van der Waals surface area contributed by atoms with Crippen LogP contribution in [-0.2, 0) is 25.8 Å². The summed E-state index contributed by atoms with van der Waals surface area (Å²) >= 11 is 3.27. The van der Waals surface area contributed by atoms with Gasteiger partial charge in [-0.1, -0.05) is 15.9 Å². The van der Waals surface area contributed by atoms with E-state index >= 15 is 0 Å². The lowest BCUT2D eigenvalue weighted by atomic mass is 10.1. The van der Waals surface area contributed by atoms with E-state index in [2.05, 4.69) is 15.9 Å². The second-order valence-electron chi connectivity index (χ2n) is 7.51. The van der Waals surface area contributed by atoms with Gasteiger partial charge in [-0.05, 0) is 55.7 Å². The van der Waals surface area contributed by atoms with Gasteiger partial charge in [0.1, 0.15) is 5.82 Å². The average Bonchev–Trinajstić information content (AvgIpc) is 2.71. The number of carbonyl (C=O) groups excluding carboxylic acids is 1. The minimum Gasteiger partial charge on any atom is -0.355 e. The molecule has 0 bridgehead atoms. The van der Waals surface area contributed by atoms with Crippen LogP contribution in [0.3, 0.4) is 0 Å². The molecule has 0 aromatic heterocycles. The smallest absolute Gasteiger partial charge is 0.272 e. The molecule has 1 atom stereocenters. The number of non-ortho nitro benzene ring substituents is 1. The van der Waals surface area contributed by atoms with E-state index in [4.69, 9.17) is 4.74 Å². The Morgan fingerprint density at radius 2 is 1.94 bits per heavy atom. The molecule has 2 aromatic carbocycles. The molecular formula is C21H22BrFN2O6S. The van der Waals surface area contributed by atoms with Crippen molar-refractivity contribution in [3.8, 4) is 0 Å². The molecular weight excluding hydrogens is 507 g/mol. The Morgan fingerprint density at radius 3 is 2.53 bits per heavy atom. The number of ether oxygens (including phenoxy) is 1. The largest absolute Gasteiger partial charge is 0.355 e. The van der Waals surface area contributed by atoms with Gasteiger partial charge in [-0.25, -0.2) is 12.8 Å². The van der Waals surface area contributed by atoms with Gasteiger partial charge in [-0.15, -0.1) is 0 Å². The Bertz CT molecular complexity index is 1100. The van der Waals surface area contributed by atoms with E-state index in [1.807, 2.05) is 0 Å². The maximum Gasteiger partial charge on any atom is 0.272 e. The van der Waals surface area contributed by atoms with Crippen LogP contribution in [0.15, 0.2) is 51.8 Å². The number of hydrogen-bond donors (Lipinski definition) is 0. The lowest BCUT2D eigenvalue weighted by Crippen LogP contribution is -2.56. The molecule has 172 valence electrons. The van der Waals surface area contributed by atoms with Gasteiger partial charge >= 0.3 is 0 Å². The van der Waals surface area contributed by atoms with Crippen LogP contribution in [0, 0.1) is 15.9 Å². The van der Waals surface area contributed by atoms with Crippen molar-refractivity contribution in [3.05, 3.63) is 68.4 Å². The number of nitro benzene ring substituents is 1. The molecule has 1 fully saturated rings. The number of hydrogen-bond acceptors (Lipinski definition) is 6. The highest BCUT2D eigenvalue weighted by Crippen LogP contribution is 2.24. The van der Waals surface area contributed by atoms with Crippen LogP contribution in [0.1, 0.15) is 25.3 Å². The third-order valence-corrected chi connectivity index (χ3v) is 7.69. The number of rotatable bonds is 9. The highest BCUT2D eigenvalue weighted by atomic mass is 79.9. The second-order valence-corrected chi connectivity index (χ2v) is 10.7. The lowest BCUT2D eigenvalue weighted by molar-refractivity contribution is -0.385. The number of amides is 1. The Kier molecular flexibility index (Phi) is 7.63. The van der Waals surface area contributed by atoms with E-state index < -0.39 is 26.0 Å². The van der Waals surface area contributed by atoms with Crippen molar-refractivity contribution in [2.45, 2.75) is 42.6 Å². The van der Waals surface area contributed by atoms with Crippen molar-refractivity contribution >= 4 is 37.4 Å². The Hall–Kier alpha value is -2.37. The van der Waals surface area contributed by atoms with E-state index in [0.717, 1.165) is 10.5 Å². The number of halogens is 2. The van der Waals surface area contributed by atoms with Crippen LogP contribution in [0.2, 0.25) is 0 Å². The van der Waals surface area contributed by atoms with E-state index in [-0.39, 0.29) is 35.4 Å². The van der Waals surface area contributed by atoms with Crippen LogP contribution >= 0.6 is 15.9 Å². The molecule has 1 aliphatic heterocycles. The number of nitro groups is 1. The van der Waals surface area contributed by atoms with E-state index in [0.29, 0.717) is 25.1 Å². The van der Waals surface area contributed by atoms with Crippen molar-refractivity contribution in [1.82, 2.24) is 4.90 Å². The molecule has 1 heterocycles. The summed E-state index contributed by atoms with van der Waals surface area (Å²) < 4.78 is 45.5. The Balaban J connectivity index is 1.43.